The number of hydrogen-bond acceptors (Lipinski definition) is 9. The van der Waals surface area contributed by atoms with Gasteiger partial charge in [-0.1, -0.05) is 50.2 Å². The van der Waals surface area contributed by atoms with E-state index in [0.29, 0.717) is 40.2 Å². The molecule has 0 spiro atoms. The quantitative estimate of drug-likeness (QED) is 0.147. The van der Waals surface area contributed by atoms with Crippen LogP contribution in [0.4, 0.5) is 10.2 Å². The normalized spacial score (nSPS) is 11.3. The highest BCUT2D eigenvalue weighted by molar-refractivity contribution is 7.90. The van der Waals surface area contributed by atoms with Crippen molar-refractivity contribution in [2.24, 2.45) is 5.92 Å². The highest BCUT2D eigenvalue weighted by Gasteiger charge is 2.25. The summed E-state index contributed by atoms with van der Waals surface area (Å²) >= 11 is 0. The van der Waals surface area contributed by atoms with Crippen LogP contribution in [0.3, 0.4) is 0 Å². The van der Waals surface area contributed by atoms with Crippen LogP contribution in [0.25, 0.3) is 11.3 Å². The standard InChI is InChI=1S/C36H33FN4O6S/c1-21(2)20-46-28-18-25(17-27(37)19-28)30-14-13-29(35(43)41-48(44,45)32-12-8-11-31(38)40-32)36(39-30)47-34-22(3)15-26(16-23(34)4)33(42)24-9-6-5-7-10-24/h5-19,21H,20H2,1-4H3,(H2,38,40)(H,41,43). The number of ketones is 1. The van der Waals surface area contributed by atoms with E-state index in [9.17, 15) is 22.4 Å². The van der Waals surface area contributed by atoms with Crippen LogP contribution in [0.1, 0.15) is 51.3 Å². The van der Waals surface area contributed by atoms with Gasteiger partial charge in [0.1, 0.15) is 28.7 Å². The van der Waals surface area contributed by atoms with Gasteiger partial charge < -0.3 is 15.2 Å². The molecule has 3 N–H and O–H groups in total. The summed E-state index contributed by atoms with van der Waals surface area (Å²) in [6.07, 6.45) is 0. The van der Waals surface area contributed by atoms with E-state index in [1.165, 1.54) is 42.5 Å². The number of ether oxygens (including phenoxy) is 2. The fourth-order valence-electron chi connectivity index (χ4n) is 4.81. The Kier molecular flexibility index (Phi) is 9.85. The number of aromatic nitrogens is 2. The molecule has 0 aliphatic heterocycles. The molecular formula is C36H33FN4O6S. The number of anilines is 1. The van der Waals surface area contributed by atoms with Crippen LogP contribution in [-0.4, -0.2) is 36.7 Å². The van der Waals surface area contributed by atoms with Gasteiger partial charge in [-0.05, 0) is 79.4 Å². The summed E-state index contributed by atoms with van der Waals surface area (Å²) in [5.41, 5.74) is 8.03. The lowest BCUT2D eigenvalue weighted by Crippen LogP contribution is -2.31. The summed E-state index contributed by atoms with van der Waals surface area (Å²) in [4.78, 5) is 35.0. The van der Waals surface area contributed by atoms with Crippen LogP contribution in [0.5, 0.6) is 17.4 Å². The van der Waals surface area contributed by atoms with Crippen molar-refractivity contribution in [1.82, 2.24) is 14.7 Å². The van der Waals surface area contributed by atoms with E-state index >= 15 is 0 Å². The first kappa shape index (κ1) is 33.7. The van der Waals surface area contributed by atoms with Crippen molar-refractivity contribution < 1.29 is 31.9 Å². The predicted octanol–water partition coefficient (Wildman–Crippen LogP) is 6.66. The van der Waals surface area contributed by atoms with E-state index in [2.05, 4.69) is 9.97 Å². The molecule has 0 aliphatic rings. The zero-order valence-corrected chi connectivity index (χ0v) is 27.5. The summed E-state index contributed by atoms with van der Waals surface area (Å²) in [5, 5.41) is -0.457. The molecule has 5 rings (SSSR count). The molecule has 48 heavy (non-hydrogen) atoms. The zero-order chi connectivity index (χ0) is 34.6. The highest BCUT2D eigenvalue weighted by atomic mass is 32.2. The number of rotatable bonds is 11. The zero-order valence-electron chi connectivity index (χ0n) is 26.7. The van der Waals surface area contributed by atoms with Gasteiger partial charge in [-0.3, -0.25) is 9.59 Å². The molecule has 2 aromatic heterocycles. The van der Waals surface area contributed by atoms with Crippen molar-refractivity contribution in [3.63, 3.8) is 0 Å². The lowest BCUT2D eigenvalue weighted by atomic mass is 9.98. The minimum absolute atomic E-state index is 0.0488. The van der Waals surface area contributed by atoms with Crippen molar-refractivity contribution in [1.29, 1.82) is 0 Å². The monoisotopic (exact) mass is 668 g/mol. The van der Waals surface area contributed by atoms with Crippen LogP contribution in [-0.2, 0) is 10.0 Å². The number of amides is 1. The topological polar surface area (TPSA) is 151 Å². The second kappa shape index (κ2) is 14.0. The number of carbonyl (C=O) groups is 2. The van der Waals surface area contributed by atoms with Crippen molar-refractivity contribution in [2.75, 3.05) is 12.3 Å². The lowest BCUT2D eigenvalue weighted by molar-refractivity contribution is 0.0977. The number of halogens is 1. The van der Waals surface area contributed by atoms with Gasteiger partial charge in [-0.2, -0.15) is 8.42 Å². The highest BCUT2D eigenvalue weighted by Crippen LogP contribution is 2.34. The van der Waals surface area contributed by atoms with Gasteiger partial charge in [0.15, 0.2) is 10.8 Å². The fraction of sp³-hybridized carbons (Fsp3) is 0.167. The van der Waals surface area contributed by atoms with Gasteiger partial charge in [0.2, 0.25) is 5.88 Å². The number of nitrogen functional groups attached to an aromatic ring is 1. The van der Waals surface area contributed by atoms with Crippen LogP contribution < -0.4 is 19.9 Å². The third-order valence-electron chi connectivity index (χ3n) is 7.06. The number of pyridine rings is 2. The largest absolute Gasteiger partial charge is 0.493 e. The number of nitrogens with zero attached hydrogens (tertiary/aromatic N) is 2. The Morgan fingerprint density at radius 1 is 0.875 bits per heavy atom. The number of nitrogens with one attached hydrogen (secondary N) is 1. The number of nitrogens with two attached hydrogens (primary N) is 1. The molecule has 0 fully saturated rings. The first-order chi connectivity index (χ1) is 22.8. The smallest absolute Gasteiger partial charge is 0.281 e. The Morgan fingerprint density at radius 3 is 2.25 bits per heavy atom. The van der Waals surface area contributed by atoms with E-state index in [4.69, 9.17) is 15.2 Å². The molecule has 0 saturated carbocycles. The second-order valence-electron chi connectivity index (χ2n) is 11.5. The number of benzene rings is 3. The Bertz CT molecular complexity index is 2100. The number of sulfonamides is 1. The summed E-state index contributed by atoms with van der Waals surface area (Å²) < 4.78 is 54.7. The Hall–Kier alpha value is -5.62. The molecule has 0 radical (unpaired) electrons. The van der Waals surface area contributed by atoms with Gasteiger partial charge in [0.25, 0.3) is 15.9 Å². The molecule has 12 heteroatoms. The van der Waals surface area contributed by atoms with Gasteiger partial charge in [0, 0.05) is 22.8 Å². The third kappa shape index (κ3) is 7.84. The minimum atomic E-state index is -4.44. The maximum absolute atomic E-state index is 14.7. The Balaban J connectivity index is 1.56. The molecular weight excluding hydrogens is 635 g/mol. The lowest BCUT2D eigenvalue weighted by Gasteiger charge is -2.17. The Morgan fingerprint density at radius 2 is 1.58 bits per heavy atom. The first-order valence-corrected chi connectivity index (χ1v) is 16.4. The number of carbonyl (C=O) groups excluding carboxylic acids is 2. The van der Waals surface area contributed by atoms with E-state index in [0.717, 1.165) is 0 Å². The SMILES string of the molecule is Cc1cc(C(=O)c2ccccc2)cc(C)c1Oc1nc(-c2cc(F)cc(OCC(C)C)c2)ccc1C(=O)NS(=O)(=O)c1cccc(N)n1. The molecule has 0 unspecified atom stereocenters. The third-order valence-corrected chi connectivity index (χ3v) is 8.29. The first-order valence-electron chi connectivity index (χ1n) is 14.9. The molecule has 10 nitrogen and oxygen atoms in total. The molecule has 3 aromatic carbocycles. The van der Waals surface area contributed by atoms with Crippen molar-refractivity contribution in [3.8, 4) is 28.6 Å². The van der Waals surface area contributed by atoms with Crippen molar-refractivity contribution in [3.05, 3.63) is 125 Å². The number of aryl methyl sites for hydroxylation is 2. The Labute approximate surface area is 277 Å². The summed E-state index contributed by atoms with van der Waals surface area (Å²) in [6.45, 7) is 7.75. The molecule has 0 atom stereocenters. The van der Waals surface area contributed by atoms with Gasteiger partial charge in [0.05, 0.1) is 12.3 Å². The molecule has 246 valence electrons. The molecule has 0 bridgehead atoms. The summed E-state index contributed by atoms with van der Waals surface area (Å²) in [6, 6.07) is 23.0. The average Bonchev–Trinajstić information content (AvgIpc) is 3.05. The van der Waals surface area contributed by atoms with Crippen molar-refractivity contribution in [2.45, 2.75) is 32.7 Å². The minimum Gasteiger partial charge on any atom is -0.493 e. The average molecular weight is 669 g/mol. The van der Waals surface area contributed by atoms with E-state index in [1.807, 2.05) is 24.6 Å². The molecule has 1 amide bonds. The molecule has 0 saturated heterocycles. The predicted molar refractivity (Wildman–Crippen MR) is 179 cm³/mol. The van der Waals surface area contributed by atoms with E-state index < -0.39 is 26.8 Å². The van der Waals surface area contributed by atoms with Crippen LogP contribution in [0.2, 0.25) is 0 Å². The maximum Gasteiger partial charge on any atom is 0.281 e. The molecule has 5 aromatic rings. The van der Waals surface area contributed by atoms with Gasteiger partial charge in [-0.25, -0.2) is 19.1 Å². The maximum atomic E-state index is 14.7. The van der Waals surface area contributed by atoms with Crippen molar-refractivity contribution >= 4 is 27.5 Å². The van der Waals surface area contributed by atoms with E-state index in [-0.39, 0.29) is 40.4 Å². The molecule has 0 aliphatic carbocycles. The number of hydrogen-bond donors (Lipinski definition) is 2. The second-order valence-corrected chi connectivity index (χ2v) is 13.1. The van der Waals surface area contributed by atoms with Crippen LogP contribution in [0, 0.1) is 25.6 Å². The molecule has 2 heterocycles. The van der Waals surface area contributed by atoms with Gasteiger partial charge in [-0.15, -0.1) is 0 Å². The van der Waals surface area contributed by atoms with Crippen LogP contribution >= 0.6 is 0 Å². The van der Waals surface area contributed by atoms with E-state index in [1.54, 1.807) is 56.3 Å². The summed E-state index contributed by atoms with van der Waals surface area (Å²) in [7, 11) is -4.44. The fourth-order valence-corrected chi connectivity index (χ4v) is 5.76. The van der Waals surface area contributed by atoms with Crippen LogP contribution in [0.15, 0.2) is 96.0 Å². The van der Waals surface area contributed by atoms with Gasteiger partial charge >= 0.3 is 0 Å². The summed E-state index contributed by atoms with van der Waals surface area (Å²) in [5.74, 6) is -1.34.